The molecule has 18 heteroatoms. The van der Waals surface area contributed by atoms with Gasteiger partial charge in [-0.3, -0.25) is 14.4 Å². The lowest BCUT2D eigenvalue weighted by atomic mass is 9.85. The predicted molar refractivity (Wildman–Crippen MR) is 254 cm³/mol. The fourth-order valence-electron chi connectivity index (χ4n) is 6.77. The number of nitrogens with zero attached hydrogens (tertiary/aromatic N) is 4. The Bertz CT molecular complexity index is 2210. The second-order valence-electron chi connectivity index (χ2n) is 16.4. The van der Waals surface area contributed by atoms with E-state index in [-0.39, 0.29) is 31.6 Å². The molecule has 0 bridgehead atoms. The van der Waals surface area contributed by atoms with Crippen molar-refractivity contribution in [3.63, 3.8) is 0 Å². The lowest BCUT2D eigenvalue weighted by Gasteiger charge is -2.35. The second-order valence-corrected chi connectivity index (χ2v) is 18.1. The highest BCUT2D eigenvalue weighted by atomic mass is 32.2. The molecule has 1 aromatic heterocycles. The molecule has 1 saturated heterocycles. The number of hydrazine groups is 1. The van der Waals surface area contributed by atoms with Crippen molar-refractivity contribution >= 4 is 52.4 Å². The SMILES string of the molecule is Cc1ncsc1-c1ccc(CNC(=O)C2CCCN2C(=O)C(NC(=O)COCCOCCOCCOCCN(N)/C=C(\N)c2cccc(NSc3ccc(C#N)cc3)c2)C(C)(C)C)cc1. The molecule has 4 aromatic rings. The fourth-order valence-corrected chi connectivity index (χ4v) is 8.22. The van der Waals surface area contributed by atoms with Crippen molar-refractivity contribution in [2.75, 3.05) is 70.7 Å². The van der Waals surface area contributed by atoms with Crippen molar-refractivity contribution in [1.29, 1.82) is 5.26 Å². The van der Waals surface area contributed by atoms with Crippen molar-refractivity contribution in [3.05, 3.63) is 107 Å². The van der Waals surface area contributed by atoms with Gasteiger partial charge in [-0.2, -0.15) is 5.26 Å². The number of thiazole rings is 1. The van der Waals surface area contributed by atoms with Crippen molar-refractivity contribution in [2.45, 2.75) is 64.1 Å². The maximum Gasteiger partial charge on any atom is 0.246 e. The summed E-state index contributed by atoms with van der Waals surface area (Å²) in [5.41, 5.74) is 13.3. The molecule has 5 rings (SSSR count). The Kier molecular flexibility index (Phi) is 20.1. The van der Waals surface area contributed by atoms with E-state index in [1.54, 1.807) is 34.6 Å². The van der Waals surface area contributed by atoms with Gasteiger partial charge in [0, 0.05) is 35.4 Å². The molecule has 2 unspecified atom stereocenters. The van der Waals surface area contributed by atoms with Crippen LogP contribution in [-0.4, -0.2) is 111 Å². The lowest BCUT2D eigenvalue weighted by molar-refractivity contribution is -0.144. The third-order valence-electron chi connectivity index (χ3n) is 10.3. The van der Waals surface area contributed by atoms with Gasteiger partial charge in [0.15, 0.2) is 0 Å². The number of amides is 3. The summed E-state index contributed by atoms with van der Waals surface area (Å²) >= 11 is 3.03. The second kappa shape index (κ2) is 25.8. The van der Waals surface area contributed by atoms with Crippen LogP contribution in [0.5, 0.6) is 0 Å². The van der Waals surface area contributed by atoms with Crippen LogP contribution in [0, 0.1) is 23.7 Å². The molecule has 0 saturated carbocycles. The molecule has 3 aromatic carbocycles. The number of anilines is 1. The van der Waals surface area contributed by atoms with E-state index in [9.17, 15) is 14.4 Å². The van der Waals surface area contributed by atoms with Crippen molar-refractivity contribution < 1.29 is 33.3 Å². The number of likely N-dealkylation sites (tertiary alicyclic amines) is 1. The first-order valence-corrected chi connectivity index (χ1v) is 23.2. The number of carbonyl (C=O) groups excluding carboxylic acids is 3. The smallest absolute Gasteiger partial charge is 0.246 e. The van der Waals surface area contributed by atoms with Crippen LogP contribution < -0.4 is 26.9 Å². The Morgan fingerprint density at radius 2 is 1.66 bits per heavy atom. The highest BCUT2D eigenvalue weighted by Gasteiger charge is 2.41. The Balaban J connectivity index is 0.895. The highest BCUT2D eigenvalue weighted by Crippen LogP contribution is 2.29. The van der Waals surface area contributed by atoms with Crippen molar-refractivity contribution in [3.8, 4) is 16.5 Å². The summed E-state index contributed by atoms with van der Waals surface area (Å²) < 4.78 is 25.6. The molecule has 0 spiro atoms. The van der Waals surface area contributed by atoms with Crippen LogP contribution in [0.1, 0.15) is 56.0 Å². The minimum Gasteiger partial charge on any atom is -0.397 e. The number of nitriles is 1. The summed E-state index contributed by atoms with van der Waals surface area (Å²) in [6, 6.07) is 23.7. The van der Waals surface area contributed by atoms with Gasteiger partial charge in [0.05, 0.1) is 86.2 Å². The fraction of sp³-hybridized carbons (Fsp3) is 0.426. The number of hydrogen-bond acceptors (Lipinski definition) is 15. The number of hydrogen-bond donors (Lipinski definition) is 5. The molecule has 1 aliphatic rings. The summed E-state index contributed by atoms with van der Waals surface area (Å²) in [4.78, 5) is 48.2. The van der Waals surface area contributed by atoms with E-state index in [2.05, 4.69) is 26.4 Å². The van der Waals surface area contributed by atoms with Crippen LogP contribution in [0.3, 0.4) is 0 Å². The van der Waals surface area contributed by atoms with E-state index >= 15 is 0 Å². The lowest BCUT2D eigenvalue weighted by Crippen LogP contribution is -2.58. The van der Waals surface area contributed by atoms with Crippen LogP contribution in [0.2, 0.25) is 0 Å². The molecule has 348 valence electrons. The number of aryl methyl sites for hydroxylation is 1. The number of nitrogens with two attached hydrogens (primary N) is 2. The van der Waals surface area contributed by atoms with Gasteiger partial charge in [0.2, 0.25) is 17.7 Å². The number of carbonyl (C=O) groups is 3. The van der Waals surface area contributed by atoms with Crippen LogP contribution >= 0.6 is 23.3 Å². The minimum atomic E-state index is -0.846. The Morgan fingerprint density at radius 1 is 0.985 bits per heavy atom. The monoisotopic (exact) mass is 927 g/mol. The van der Waals surface area contributed by atoms with E-state index < -0.39 is 23.4 Å². The van der Waals surface area contributed by atoms with E-state index in [0.29, 0.717) is 76.8 Å². The van der Waals surface area contributed by atoms with Crippen LogP contribution in [0.4, 0.5) is 5.69 Å². The molecule has 0 aliphatic carbocycles. The molecule has 1 fully saturated rings. The number of ether oxygens (including phenoxy) is 4. The molecule has 3 amide bonds. The molecule has 16 nitrogen and oxygen atoms in total. The van der Waals surface area contributed by atoms with Crippen LogP contribution in [0.25, 0.3) is 16.1 Å². The maximum absolute atomic E-state index is 13.9. The Labute approximate surface area is 390 Å². The predicted octanol–water partition coefficient (Wildman–Crippen LogP) is 5.45. The van der Waals surface area contributed by atoms with E-state index in [1.807, 2.05) is 93.9 Å². The van der Waals surface area contributed by atoms with Gasteiger partial charge in [0.1, 0.15) is 18.7 Å². The van der Waals surface area contributed by atoms with Gasteiger partial charge >= 0.3 is 0 Å². The normalized spacial score (nSPS) is 14.4. The third kappa shape index (κ3) is 16.5. The van der Waals surface area contributed by atoms with Crippen molar-refractivity contribution in [1.82, 2.24) is 25.5 Å². The largest absolute Gasteiger partial charge is 0.397 e. The number of aromatic nitrogens is 1. The van der Waals surface area contributed by atoms with E-state index in [1.165, 1.54) is 17.0 Å². The molecule has 2 atom stereocenters. The minimum absolute atomic E-state index is 0.183. The molecular weight excluding hydrogens is 867 g/mol. The summed E-state index contributed by atoms with van der Waals surface area (Å²) in [6.45, 7) is 10.9. The zero-order valence-corrected chi connectivity index (χ0v) is 39.2. The first-order valence-electron chi connectivity index (χ1n) is 21.5. The molecular formula is C47H61N9O7S2. The molecule has 1 aliphatic heterocycles. The molecule has 2 heterocycles. The van der Waals surface area contributed by atoms with Crippen LogP contribution in [-0.2, 0) is 39.9 Å². The van der Waals surface area contributed by atoms with Gasteiger partial charge in [-0.25, -0.2) is 10.8 Å². The van der Waals surface area contributed by atoms with Gasteiger partial charge < -0.3 is 49.9 Å². The van der Waals surface area contributed by atoms with Crippen LogP contribution in [0.15, 0.2) is 89.4 Å². The number of rotatable bonds is 25. The van der Waals surface area contributed by atoms with Gasteiger partial charge in [-0.15, -0.1) is 11.3 Å². The average Bonchev–Trinajstić information content (AvgIpc) is 3.98. The summed E-state index contributed by atoms with van der Waals surface area (Å²) in [6.07, 6.45) is 2.91. The third-order valence-corrected chi connectivity index (χ3v) is 12.1. The summed E-state index contributed by atoms with van der Waals surface area (Å²) in [5, 5.41) is 16.3. The van der Waals surface area contributed by atoms with Crippen molar-refractivity contribution in [2.24, 2.45) is 17.0 Å². The zero-order valence-electron chi connectivity index (χ0n) is 37.5. The first kappa shape index (κ1) is 50.5. The maximum atomic E-state index is 13.9. The molecule has 65 heavy (non-hydrogen) atoms. The zero-order chi connectivity index (χ0) is 46.6. The summed E-state index contributed by atoms with van der Waals surface area (Å²) in [7, 11) is 0. The number of nitrogens with one attached hydrogen (secondary N) is 3. The summed E-state index contributed by atoms with van der Waals surface area (Å²) in [5.74, 6) is 5.20. The Morgan fingerprint density at radius 3 is 2.31 bits per heavy atom. The molecule has 7 N–H and O–H groups in total. The Hall–Kier alpha value is -5.52. The first-order chi connectivity index (χ1) is 31.3. The van der Waals surface area contributed by atoms with Gasteiger partial charge in [0.25, 0.3) is 0 Å². The van der Waals surface area contributed by atoms with E-state index in [4.69, 9.17) is 35.8 Å². The quantitative estimate of drug-likeness (QED) is 0.0242. The van der Waals surface area contributed by atoms with Gasteiger partial charge in [-0.1, -0.05) is 57.2 Å². The highest BCUT2D eigenvalue weighted by molar-refractivity contribution is 8.00. The molecule has 0 radical (unpaired) electrons. The average molecular weight is 928 g/mol. The standard InChI is InChI=1S/C47H61N9O7S2/c1-33-43(64-32-52-33)36-14-10-35(11-15-36)29-51-45(58)41-9-6-18-56(41)46(59)44(47(2,3)4)53-42(57)31-63-26-25-62-24-23-61-22-21-60-20-19-55(50)30-40(49)37-7-5-8-38(27-37)54-65-39-16-12-34(28-48)13-17-39/h5,7-8,10-17,27,30,32,41,44,54H,6,9,18-26,29,31,49-50H2,1-4H3,(H,51,58)(H,53,57)/b40-30-. The number of benzene rings is 3. The van der Waals surface area contributed by atoms with Gasteiger partial charge in [-0.05, 0) is 84.7 Å². The topological polar surface area (TPSA) is 219 Å². The van der Waals surface area contributed by atoms with E-state index in [0.717, 1.165) is 37.8 Å².